The van der Waals surface area contributed by atoms with Gasteiger partial charge < -0.3 is 4.74 Å². The molecule has 2 rings (SSSR count). The molecule has 0 bridgehead atoms. The summed E-state index contributed by atoms with van der Waals surface area (Å²) in [6.07, 6.45) is 0. The Morgan fingerprint density at radius 1 is 1.00 bits per heavy atom. The summed E-state index contributed by atoms with van der Waals surface area (Å²) in [7, 11) is -3.69. The highest BCUT2D eigenvalue weighted by Gasteiger charge is 2.22. The minimum absolute atomic E-state index is 0.0170. The van der Waals surface area contributed by atoms with Crippen LogP contribution in [-0.2, 0) is 14.8 Å². The van der Waals surface area contributed by atoms with E-state index in [1.54, 1.807) is 19.9 Å². The summed E-state index contributed by atoms with van der Waals surface area (Å²) in [6, 6.07) is 11.3. The van der Waals surface area contributed by atoms with Crippen molar-refractivity contribution in [2.75, 3.05) is 19.7 Å². The molecular weight excluding hydrogens is 406 g/mol. The lowest BCUT2D eigenvalue weighted by atomic mass is 10.1. The largest absolute Gasteiger partial charge is 0.483 e. The van der Waals surface area contributed by atoms with Gasteiger partial charge in [-0.2, -0.15) is 4.31 Å². The van der Waals surface area contributed by atoms with Gasteiger partial charge in [0.15, 0.2) is 6.61 Å². The minimum atomic E-state index is -3.69. The van der Waals surface area contributed by atoms with E-state index in [-0.39, 0.29) is 17.1 Å². The van der Waals surface area contributed by atoms with Crippen LogP contribution in [-0.4, -0.2) is 44.2 Å². The van der Waals surface area contributed by atoms with Gasteiger partial charge in [0, 0.05) is 18.7 Å². The maximum Gasteiger partial charge on any atom is 0.276 e. The van der Waals surface area contributed by atoms with Gasteiger partial charge in [-0.05, 0) is 43.7 Å². The summed E-state index contributed by atoms with van der Waals surface area (Å²) in [6.45, 7) is 7.70. The number of hydrogen-bond donors (Lipinski definition) is 2. The number of amides is 2. The smallest absolute Gasteiger partial charge is 0.276 e. The lowest BCUT2D eigenvalue weighted by Crippen LogP contribution is -2.43. The molecule has 0 aliphatic heterocycles. The molecular formula is C21H27N3O5S. The van der Waals surface area contributed by atoms with Gasteiger partial charge in [-0.15, -0.1) is 0 Å². The summed E-state index contributed by atoms with van der Waals surface area (Å²) >= 11 is 0. The van der Waals surface area contributed by atoms with Crippen molar-refractivity contribution in [3.05, 3.63) is 59.2 Å². The van der Waals surface area contributed by atoms with Crippen LogP contribution in [0.3, 0.4) is 0 Å². The second-order valence-electron chi connectivity index (χ2n) is 6.68. The predicted octanol–water partition coefficient (Wildman–Crippen LogP) is 2.17. The number of hydrogen-bond acceptors (Lipinski definition) is 5. The molecule has 0 saturated carbocycles. The SMILES string of the molecule is CCN(CC)S(=O)(=O)c1cccc(C(=O)NNC(=O)COc2ccc(C)cc2C)c1. The Kier molecular flexibility index (Phi) is 7.96. The first kappa shape index (κ1) is 23.4. The van der Waals surface area contributed by atoms with Gasteiger partial charge in [0.2, 0.25) is 10.0 Å². The molecule has 0 fully saturated rings. The van der Waals surface area contributed by atoms with Crippen molar-refractivity contribution in [2.45, 2.75) is 32.6 Å². The van der Waals surface area contributed by atoms with E-state index in [1.807, 2.05) is 26.0 Å². The number of nitrogens with zero attached hydrogens (tertiary/aromatic N) is 1. The Hall–Kier alpha value is -2.91. The van der Waals surface area contributed by atoms with Gasteiger partial charge in [-0.1, -0.05) is 37.6 Å². The van der Waals surface area contributed by atoms with Crippen molar-refractivity contribution >= 4 is 21.8 Å². The normalized spacial score (nSPS) is 11.2. The molecule has 0 atom stereocenters. The van der Waals surface area contributed by atoms with E-state index in [4.69, 9.17) is 4.74 Å². The van der Waals surface area contributed by atoms with E-state index in [2.05, 4.69) is 10.9 Å². The van der Waals surface area contributed by atoms with E-state index in [1.165, 1.54) is 28.6 Å². The molecule has 2 aromatic carbocycles. The molecule has 162 valence electrons. The molecule has 0 aliphatic carbocycles. The molecule has 2 N–H and O–H groups in total. The Balaban J connectivity index is 1.97. The average Bonchev–Trinajstić information content (AvgIpc) is 2.72. The average molecular weight is 434 g/mol. The molecule has 9 heteroatoms. The maximum absolute atomic E-state index is 12.6. The van der Waals surface area contributed by atoms with E-state index in [9.17, 15) is 18.0 Å². The quantitative estimate of drug-likeness (QED) is 0.621. The van der Waals surface area contributed by atoms with Gasteiger partial charge >= 0.3 is 0 Å². The summed E-state index contributed by atoms with van der Waals surface area (Å²) < 4.78 is 32.0. The van der Waals surface area contributed by atoms with Crippen molar-refractivity contribution < 1.29 is 22.7 Å². The van der Waals surface area contributed by atoms with Crippen LogP contribution in [0.4, 0.5) is 0 Å². The summed E-state index contributed by atoms with van der Waals surface area (Å²) in [4.78, 5) is 24.3. The molecule has 0 aromatic heterocycles. The van der Waals surface area contributed by atoms with Crippen LogP contribution in [0.25, 0.3) is 0 Å². The number of rotatable bonds is 8. The summed E-state index contributed by atoms with van der Waals surface area (Å²) in [5.41, 5.74) is 6.63. The third-order valence-electron chi connectivity index (χ3n) is 4.44. The van der Waals surface area contributed by atoms with E-state index < -0.39 is 21.8 Å². The van der Waals surface area contributed by atoms with E-state index in [0.29, 0.717) is 18.8 Å². The number of ether oxygens (including phenoxy) is 1. The third kappa shape index (κ3) is 5.80. The molecule has 0 heterocycles. The number of sulfonamides is 1. The summed E-state index contributed by atoms with van der Waals surface area (Å²) in [5.74, 6) is -0.599. The molecule has 0 aliphatic rings. The fraction of sp³-hybridized carbons (Fsp3) is 0.333. The number of carbonyl (C=O) groups excluding carboxylic acids is 2. The number of aryl methyl sites for hydroxylation is 2. The standard InChI is InChI=1S/C21H27N3O5S/c1-5-24(6-2)30(27,28)18-9-7-8-17(13-18)21(26)23-22-20(25)14-29-19-11-10-15(3)12-16(19)4/h7-13H,5-6,14H2,1-4H3,(H,22,25)(H,23,26). The Morgan fingerprint density at radius 2 is 1.70 bits per heavy atom. The number of hydrazine groups is 1. The Labute approximate surface area is 177 Å². The van der Waals surface area contributed by atoms with E-state index >= 15 is 0 Å². The topological polar surface area (TPSA) is 105 Å². The molecule has 0 radical (unpaired) electrons. The molecule has 0 spiro atoms. The highest BCUT2D eigenvalue weighted by molar-refractivity contribution is 7.89. The van der Waals surface area contributed by atoms with Crippen LogP contribution >= 0.6 is 0 Å². The number of nitrogens with one attached hydrogen (secondary N) is 2. The first-order valence-corrected chi connectivity index (χ1v) is 11.0. The van der Waals surface area contributed by atoms with Crippen LogP contribution in [0.1, 0.15) is 35.3 Å². The van der Waals surface area contributed by atoms with Gasteiger partial charge in [-0.3, -0.25) is 20.4 Å². The third-order valence-corrected chi connectivity index (χ3v) is 6.49. The number of benzene rings is 2. The Morgan fingerprint density at radius 3 is 2.33 bits per heavy atom. The van der Waals surface area contributed by atoms with Gasteiger partial charge in [0.25, 0.3) is 11.8 Å². The molecule has 2 amide bonds. The molecule has 30 heavy (non-hydrogen) atoms. The Bertz CT molecular complexity index is 1020. The first-order chi connectivity index (χ1) is 14.2. The van der Waals surface area contributed by atoms with Crippen molar-refractivity contribution in [3.63, 3.8) is 0 Å². The van der Waals surface area contributed by atoms with Crippen molar-refractivity contribution in [2.24, 2.45) is 0 Å². The molecule has 2 aromatic rings. The van der Waals surface area contributed by atoms with Crippen molar-refractivity contribution in [1.29, 1.82) is 0 Å². The fourth-order valence-electron chi connectivity index (χ4n) is 2.85. The highest BCUT2D eigenvalue weighted by atomic mass is 32.2. The first-order valence-electron chi connectivity index (χ1n) is 9.58. The zero-order valence-electron chi connectivity index (χ0n) is 17.6. The second-order valence-corrected chi connectivity index (χ2v) is 8.62. The fourth-order valence-corrected chi connectivity index (χ4v) is 4.35. The zero-order valence-corrected chi connectivity index (χ0v) is 18.4. The van der Waals surface area contributed by atoms with Gasteiger partial charge in [0.1, 0.15) is 5.75 Å². The maximum atomic E-state index is 12.6. The van der Waals surface area contributed by atoms with Crippen molar-refractivity contribution in [3.8, 4) is 5.75 Å². The lowest BCUT2D eigenvalue weighted by Gasteiger charge is -2.18. The van der Waals surface area contributed by atoms with E-state index in [0.717, 1.165) is 11.1 Å². The lowest BCUT2D eigenvalue weighted by molar-refractivity contribution is -0.123. The van der Waals surface area contributed by atoms with Gasteiger partial charge in [0.05, 0.1) is 4.90 Å². The highest BCUT2D eigenvalue weighted by Crippen LogP contribution is 2.18. The predicted molar refractivity (Wildman–Crippen MR) is 114 cm³/mol. The molecule has 8 nitrogen and oxygen atoms in total. The molecule has 0 saturated heterocycles. The zero-order chi connectivity index (χ0) is 22.3. The van der Waals surface area contributed by atoms with Crippen LogP contribution in [0, 0.1) is 13.8 Å². The van der Waals surface area contributed by atoms with Gasteiger partial charge in [-0.25, -0.2) is 8.42 Å². The second kappa shape index (κ2) is 10.2. The molecule has 0 unspecified atom stereocenters. The van der Waals surface area contributed by atoms with Crippen LogP contribution < -0.4 is 15.6 Å². The summed E-state index contributed by atoms with van der Waals surface area (Å²) in [5, 5.41) is 0. The number of carbonyl (C=O) groups is 2. The van der Waals surface area contributed by atoms with Crippen molar-refractivity contribution in [1.82, 2.24) is 15.2 Å². The van der Waals surface area contributed by atoms with Crippen LogP contribution in [0.2, 0.25) is 0 Å². The van der Waals surface area contributed by atoms with Crippen LogP contribution in [0.5, 0.6) is 5.75 Å². The monoisotopic (exact) mass is 433 g/mol. The van der Waals surface area contributed by atoms with Crippen LogP contribution in [0.15, 0.2) is 47.4 Å². The minimum Gasteiger partial charge on any atom is -0.483 e.